The Bertz CT molecular complexity index is 1480. The predicted octanol–water partition coefficient (Wildman–Crippen LogP) is 2.94. The van der Waals surface area contributed by atoms with Gasteiger partial charge in [0.15, 0.2) is 5.96 Å². The summed E-state index contributed by atoms with van der Waals surface area (Å²) in [6.45, 7) is 5.49. The lowest BCUT2D eigenvalue weighted by atomic mass is 9.90. The summed E-state index contributed by atoms with van der Waals surface area (Å²) in [5, 5.41) is 19.6. The minimum atomic E-state index is -1.08. The molecule has 43 heavy (non-hydrogen) atoms. The van der Waals surface area contributed by atoms with Crippen LogP contribution >= 0.6 is 0 Å². The third-order valence-corrected chi connectivity index (χ3v) is 6.98. The Labute approximate surface area is 251 Å². The van der Waals surface area contributed by atoms with Crippen LogP contribution in [0.4, 0.5) is 0 Å². The monoisotopic (exact) mass is 588 g/mol. The highest BCUT2D eigenvalue weighted by Gasteiger charge is 2.22. The second-order valence-corrected chi connectivity index (χ2v) is 10.7. The molecule has 3 rings (SSSR count). The molecule has 0 aliphatic heterocycles. The van der Waals surface area contributed by atoms with Crippen LogP contribution in [0.3, 0.4) is 0 Å². The lowest BCUT2D eigenvalue weighted by molar-refractivity contribution is -0.138. The van der Waals surface area contributed by atoms with Crippen LogP contribution in [0.5, 0.6) is 0 Å². The van der Waals surface area contributed by atoms with Crippen LogP contribution in [0.25, 0.3) is 21.9 Å². The molecule has 0 unspecified atom stereocenters. The summed E-state index contributed by atoms with van der Waals surface area (Å²) >= 11 is 0. The molecule has 0 fully saturated rings. The number of carbonyl (C=O) groups is 4. The molecule has 11 nitrogen and oxygen atoms in total. The summed E-state index contributed by atoms with van der Waals surface area (Å²) in [5.41, 5.74) is 14.5. The number of benzene rings is 3. The average Bonchev–Trinajstić information content (AvgIpc) is 2.96. The summed E-state index contributed by atoms with van der Waals surface area (Å²) < 4.78 is 0. The number of nitrogens with two attached hydrogens (primary N) is 2. The number of carboxylic acids is 1. The summed E-state index contributed by atoms with van der Waals surface area (Å²) in [5.74, 6) is -2.30. The zero-order chi connectivity index (χ0) is 31.5. The van der Waals surface area contributed by atoms with Crippen molar-refractivity contribution in [3.8, 4) is 11.1 Å². The topological polar surface area (TPSA) is 189 Å². The number of hydrogen-bond donors (Lipinski definition) is 6. The molecule has 3 aromatic rings. The molecule has 8 N–H and O–H groups in total. The van der Waals surface area contributed by atoms with Crippen molar-refractivity contribution < 1.29 is 24.3 Å². The van der Waals surface area contributed by atoms with E-state index in [0.717, 1.165) is 16.5 Å². The van der Waals surface area contributed by atoms with Gasteiger partial charge in [-0.2, -0.15) is 0 Å². The molecule has 11 heteroatoms. The number of carbonyl (C=O) groups excluding carboxylic acids is 3. The molecule has 0 saturated heterocycles. The molecule has 0 saturated carbocycles. The first-order valence-corrected chi connectivity index (χ1v) is 14.2. The van der Waals surface area contributed by atoms with Gasteiger partial charge in [0.05, 0.1) is 19.0 Å². The first-order valence-electron chi connectivity index (χ1n) is 14.2. The Kier molecular flexibility index (Phi) is 11.6. The Morgan fingerprint density at radius 2 is 1.58 bits per heavy atom. The van der Waals surface area contributed by atoms with E-state index in [1.807, 2.05) is 24.3 Å². The highest BCUT2D eigenvalue weighted by molar-refractivity contribution is 5.99. The van der Waals surface area contributed by atoms with Crippen LogP contribution in [0, 0.1) is 0 Å². The number of fused-ring (bicyclic) bond motifs is 1. The van der Waals surface area contributed by atoms with E-state index in [4.69, 9.17) is 11.5 Å². The number of aliphatic carboxylic acids is 1. The first-order chi connectivity index (χ1) is 20.5. The highest BCUT2D eigenvalue weighted by atomic mass is 16.4. The minimum absolute atomic E-state index is 0.0726. The lowest BCUT2D eigenvalue weighted by Crippen LogP contribution is -2.49. The third-order valence-electron chi connectivity index (χ3n) is 6.98. The van der Waals surface area contributed by atoms with Crippen LogP contribution in [-0.4, -0.2) is 53.9 Å². The van der Waals surface area contributed by atoms with Gasteiger partial charge in [0.1, 0.15) is 6.04 Å². The zero-order valence-corrected chi connectivity index (χ0v) is 24.7. The van der Waals surface area contributed by atoms with Gasteiger partial charge in [-0.15, -0.1) is 0 Å². The number of amides is 3. The van der Waals surface area contributed by atoms with E-state index in [0.29, 0.717) is 17.9 Å². The van der Waals surface area contributed by atoms with E-state index in [1.54, 1.807) is 12.1 Å². The molecule has 3 aromatic carbocycles. The fourth-order valence-electron chi connectivity index (χ4n) is 4.95. The maximum atomic E-state index is 12.8. The minimum Gasteiger partial charge on any atom is -0.481 e. The lowest BCUT2D eigenvalue weighted by Gasteiger charge is -2.20. The van der Waals surface area contributed by atoms with Gasteiger partial charge in [-0.1, -0.05) is 74.5 Å². The maximum absolute atomic E-state index is 12.8. The summed E-state index contributed by atoms with van der Waals surface area (Å²) in [4.78, 5) is 52.5. The summed E-state index contributed by atoms with van der Waals surface area (Å²) in [6.07, 6.45) is 0.342. The standard InChI is InChI=1S/C32H40N6O5/c1-19(2)23-14-15-24(26-8-5-4-7-25(23)26)21-10-12-22(13-11-21)28(17-30(41)42)38-29(40)18-36-31(43)27(37-20(3)39)9-6-16-35-32(33)34/h4-5,7-8,10-15,19,27-28H,6,9,16-18H2,1-3H3,(H,36,43)(H,37,39)(H,38,40)(H,41,42)(H4,33,34,35)/t27-,28-/m0/s1. The summed E-state index contributed by atoms with van der Waals surface area (Å²) in [7, 11) is 0. The molecule has 0 spiro atoms. The average molecular weight is 589 g/mol. The van der Waals surface area contributed by atoms with E-state index in [9.17, 15) is 24.3 Å². The Morgan fingerprint density at radius 3 is 2.19 bits per heavy atom. The van der Waals surface area contributed by atoms with Crippen molar-refractivity contribution in [3.63, 3.8) is 0 Å². The van der Waals surface area contributed by atoms with Gasteiger partial charge in [-0.25, -0.2) is 0 Å². The molecular weight excluding hydrogens is 548 g/mol. The van der Waals surface area contributed by atoms with Gasteiger partial charge < -0.3 is 32.5 Å². The molecular formula is C32H40N6O5. The maximum Gasteiger partial charge on any atom is 0.305 e. The molecule has 0 heterocycles. The smallest absolute Gasteiger partial charge is 0.305 e. The number of nitrogens with zero attached hydrogens (tertiary/aromatic N) is 1. The van der Waals surface area contributed by atoms with Crippen molar-refractivity contribution in [1.29, 1.82) is 0 Å². The van der Waals surface area contributed by atoms with Crippen molar-refractivity contribution in [2.24, 2.45) is 16.5 Å². The van der Waals surface area contributed by atoms with E-state index in [-0.39, 0.29) is 25.3 Å². The Hall–Kier alpha value is -4.93. The van der Waals surface area contributed by atoms with Crippen molar-refractivity contribution in [3.05, 3.63) is 71.8 Å². The van der Waals surface area contributed by atoms with Crippen LogP contribution in [-0.2, 0) is 19.2 Å². The fraction of sp³-hybridized carbons (Fsp3) is 0.344. The van der Waals surface area contributed by atoms with Crippen LogP contribution in [0.2, 0.25) is 0 Å². The first kappa shape index (κ1) is 32.6. The number of carboxylic acid groups (broad SMARTS) is 1. The highest BCUT2D eigenvalue weighted by Crippen LogP contribution is 2.34. The molecule has 2 atom stereocenters. The van der Waals surface area contributed by atoms with Gasteiger partial charge in [-0.05, 0) is 51.8 Å². The van der Waals surface area contributed by atoms with Gasteiger partial charge in [0.25, 0.3) is 0 Å². The number of aliphatic imine (C=N–C) groups is 1. The number of hydrogen-bond acceptors (Lipinski definition) is 5. The van der Waals surface area contributed by atoms with Crippen molar-refractivity contribution in [2.75, 3.05) is 13.1 Å². The van der Waals surface area contributed by atoms with Crippen LogP contribution < -0.4 is 27.4 Å². The molecule has 228 valence electrons. The van der Waals surface area contributed by atoms with Gasteiger partial charge in [0.2, 0.25) is 17.7 Å². The molecule has 0 radical (unpaired) electrons. The molecule has 0 aromatic heterocycles. The van der Waals surface area contributed by atoms with Gasteiger partial charge >= 0.3 is 5.97 Å². The molecule has 0 aliphatic rings. The van der Waals surface area contributed by atoms with E-state index in [1.165, 1.54) is 17.9 Å². The third kappa shape index (κ3) is 9.56. The molecule has 0 aliphatic carbocycles. The van der Waals surface area contributed by atoms with Crippen molar-refractivity contribution in [2.45, 2.75) is 58.0 Å². The number of nitrogens with one attached hydrogen (secondary N) is 3. The van der Waals surface area contributed by atoms with Crippen LogP contribution in [0.15, 0.2) is 65.7 Å². The molecule has 3 amide bonds. The second-order valence-electron chi connectivity index (χ2n) is 10.7. The van der Waals surface area contributed by atoms with Gasteiger partial charge in [-0.3, -0.25) is 24.2 Å². The second kappa shape index (κ2) is 15.3. The Morgan fingerprint density at radius 1 is 0.907 bits per heavy atom. The SMILES string of the molecule is CC(=O)N[C@@H](CCCN=C(N)N)C(=O)NCC(=O)N[C@@H](CC(=O)O)c1ccc(-c2ccc(C(C)C)c3ccccc23)cc1. The normalized spacial score (nSPS) is 12.3. The van der Waals surface area contributed by atoms with E-state index < -0.39 is 42.3 Å². The van der Waals surface area contributed by atoms with E-state index in [2.05, 4.69) is 59.1 Å². The number of rotatable bonds is 14. The quantitative estimate of drug-likeness (QED) is 0.0948. The number of guanidine groups is 1. The fourth-order valence-corrected chi connectivity index (χ4v) is 4.95. The van der Waals surface area contributed by atoms with Crippen molar-refractivity contribution >= 4 is 40.4 Å². The predicted molar refractivity (Wildman–Crippen MR) is 167 cm³/mol. The zero-order valence-electron chi connectivity index (χ0n) is 24.7. The summed E-state index contributed by atoms with van der Waals surface area (Å²) in [6, 6.07) is 18.2. The van der Waals surface area contributed by atoms with E-state index >= 15 is 0 Å². The molecule has 0 bridgehead atoms. The van der Waals surface area contributed by atoms with Gasteiger partial charge in [0, 0.05) is 13.5 Å². The van der Waals surface area contributed by atoms with Crippen LogP contribution in [0.1, 0.15) is 63.1 Å². The largest absolute Gasteiger partial charge is 0.481 e. The van der Waals surface area contributed by atoms with Crippen molar-refractivity contribution in [1.82, 2.24) is 16.0 Å². The Balaban J connectivity index is 1.70.